The molecule has 28 heavy (non-hydrogen) atoms. The fourth-order valence-corrected chi connectivity index (χ4v) is 3.53. The van der Waals surface area contributed by atoms with E-state index in [1.165, 1.54) is 19.1 Å². The van der Waals surface area contributed by atoms with Gasteiger partial charge >= 0.3 is 19.1 Å². The van der Waals surface area contributed by atoms with Gasteiger partial charge in [0.1, 0.15) is 28.7 Å². The van der Waals surface area contributed by atoms with E-state index in [0.29, 0.717) is 25.1 Å². The lowest BCUT2D eigenvalue weighted by Gasteiger charge is -2.41. The number of carbonyl (C=O) groups is 2. The van der Waals surface area contributed by atoms with Crippen molar-refractivity contribution in [1.82, 2.24) is 4.90 Å². The van der Waals surface area contributed by atoms with Crippen molar-refractivity contribution in [1.29, 1.82) is 0 Å². The molecule has 2 aliphatic rings. The Morgan fingerprint density at radius 2 is 1.96 bits per heavy atom. The lowest BCUT2D eigenvalue weighted by molar-refractivity contribution is -0.144. The third-order valence-corrected chi connectivity index (χ3v) is 5.26. The predicted octanol–water partition coefficient (Wildman–Crippen LogP) is -0.714. The zero-order valence-corrected chi connectivity index (χ0v) is 15.3. The number of likely N-dealkylation sites (tertiary alicyclic amines) is 1. The van der Waals surface area contributed by atoms with Gasteiger partial charge in [-0.2, -0.15) is 0 Å². The maximum Gasteiger partial charge on any atom is 0.455 e. The van der Waals surface area contributed by atoms with Gasteiger partial charge in [-0.15, -0.1) is 0 Å². The molecular formula is C17H23BN2O8. The molecule has 3 rings (SSSR count). The molecule has 0 aromatic heterocycles. The number of nitrogens with zero attached hydrogens (tertiary/aromatic N) is 1. The standard InChI is InChI=1S/C17H23BN2O8/c1-17(19,16(24)25)7-20-5-8(6-20)28-12-3-2-9(10-4-11(10)18(26)27)14(21)13(12)15(22)23/h2-3,8,10-11,21,26-27H,4-7,19H2,1H3,(H,22,23)(H,24,25)/t10?,11-,17?/m1/s1. The van der Waals surface area contributed by atoms with Crippen LogP contribution in [0.2, 0.25) is 5.82 Å². The van der Waals surface area contributed by atoms with Gasteiger partial charge in [0.05, 0.1) is 0 Å². The molecule has 3 atom stereocenters. The number of aliphatic carboxylic acids is 1. The average molecular weight is 394 g/mol. The summed E-state index contributed by atoms with van der Waals surface area (Å²) in [7, 11) is -1.52. The molecule has 7 N–H and O–H groups in total. The van der Waals surface area contributed by atoms with Crippen LogP contribution in [0.4, 0.5) is 0 Å². The maximum atomic E-state index is 11.6. The SMILES string of the molecule is CC(N)(CN1CC(Oc2ccc(C3C[C@H]3B(O)O)c(O)c2C(=O)O)C1)C(=O)O. The highest BCUT2D eigenvalue weighted by molar-refractivity contribution is 6.44. The van der Waals surface area contributed by atoms with Gasteiger partial charge < -0.3 is 35.8 Å². The Morgan fingerprint density at radius 3 is 2.46 bits per heavy atom. The topological polar surface area (TPSA) is 174 Å². The van der Waals surface area contributed by atoms with Crippen LogP contribution in [0.15, 0.2) is 12.1 Å². The average Bonchev–Trinajstić information content (AvgIpc) is 3.32. The highest BCUT2D eigenvalue weighted by Gasteiger charge is 2.48. The number of carboxylic acids is 2. The molecule has 0 spiro atoms. The van der Waals surface area contributed by atoms with Crippen LogP contribution >= 0.6 is 0 Å². The summed E-state index contributed by atoms with van der Waals surface area (Å²) >= 11 is 0. The highest BCUT2D eigenvalue weighted by Crippen LogP contribution is 2.56. The molecule has 0 bridgehead atoms. The number of nitrogens with two attached hydrogens (primary N) is 1. The van der Waals surface area contributed by atoms with E-state index in [-0.39, 0.29) is 29.9 Å². The van der Waals surface area contributed by atoms with E-state index >= 15 is 0 Å². The maximum absolute atomic E-state index is 11.6. The number of benzene rings is 1. The van der Waals surface area contributed by atoms with Crippen molar-refractivity contribution >= 4 is 19.1 Å². The Balaban J connectivity index is 1.68. The minimum atomic E-state index is -1.52. The van der Waals surface area contributed by atoms with Gasteiger partial charge in [-0.3, -0.25) is 9.69 Å². The monoisotopic (exact) mass is 394 g/mol. The number of hydrogen-bond donors (Lipinski definition) is 6. The third kappa shape index (κ3) is 3.92. The lowest BCUT2D eigenvalue weighted by atomic mass is 9.81. The number of aromatic carboxylic acids is 1. The first kappa shape index (κ1) is 20.4. The van der Waals surface area contributed by atoms with Crippen molar-refractivity contribution < 1.29 is 39.7 Å². The zero-order valence-electron chi connectivity index (χ0n) is 15.3. The Kier molecular flexibility index (Phi) is 5.28. The van der Waals surface area contributed by atoms with Gasteiger partial charge in [-0.1, -0.05) is 6.07 Å². The quantitative estimate of drug-likeness (QED) is 0.309. The van der Waals surface area contributed by atoms with E-state index in [0.717, 1.165) is 0 Å². The molecule has 10 nitrogen and oxygen atoms in total. The Labute approximate surface area is 161 Å². The summed E-state index contributed by atoms with van der Waals surface area (Å²) in [5.74, 6) is -3.64. The van der Waals surface area contributed by atoms with Crippen molar-refractivity contribution in [2.45, 2.75) is 36.7 Å². The molecule has 1 aliphatic heterocycles. The smallest absolute Gasteiger partial charge is 0.455 e. The summed E-state index contributed by atoms with van der Waals surface area (Å²) < 4.78 is 5.69. The van der Waals surface area contributed by atoms with Gasteiger partial charge in [0.2, 0.25) is 0 Å². The van der Waals surface area contributed by atoms with E-state index in [4.69, 9.17) is 15.6 Å². The Morgan fingerprint density at radius 1 is 1.32 bits per heavy atom. The van der Waals surface area contributed by atoms with Crippen LogP contribution in [0.25, 0.3) is 0 Å². The molecule has 0 radical (unpaired) electrons. The van der Waals surface area contributed by atoms with Crippen molar-refractivity contribution in [2.24, 2.45) is 5.73 Å². The second-order valence-electron chi connectivity index (χ2n) is 7.76. The fourth-order valence-electron chi connectivity index (χ4n) is 3.53. The summed E-state index contributed by atoms with van der Waals surface area (Å²) in [4.78, 5) is 24.5. The molecule has 1 aromatic rings. The fraction of sp³-hybridized carbons (Fsp3) is 0.529. The van der Waals surface area contributed by atoms with Crippen LogP contribution in [0.3, 0.4) is 0 Å². The van der Waals surface area contributed by atoms with E-state index in [9.17, 15) is 29.9 Å². The second-order valence-corrected chi connectivity index (χ2v) is 7.76. The third-order valence-electron chi connectivity index (χ3n) is 5.26. The van der Waals surface area contributed by atoms with Crippen molar-refractivity contribution in [3.05, 3.63) is 23.3 Å². The number of rotatable bonds is 8. The number of hydrogen-bond acceptors (Lipinski definition) is 8. The van der Waals surface area contributed by atoms with Crippen LogP contribution in [-0.4, -0.2) is 80.6 Å². The molecule has 152 valence electrons. The number of phenols is 1. The predicted molar refractivity (Wildman–Crippen MR) is 97.4 cm³/mol. The van der Waals surface area contributed by atoms with Crippen molar-refractivity contribution in [3.63, 3.8) is 0 Å². The Bertz CT molecular complexity index is 794. The van der Waals surface area contributed by atoms with Gasteiger partial charge in [0, 0.05) is 25.5 Å². The van der Waals surface area contributed by atoms with Crippen molar-refractivity contribution in [3.8, 4) is 11.5 Å². The summed E-state index contributed by atoms with van der Waals surface area (Å²) in [5, 5.41) is 47.4. The molecule has 1 heterocycles. The van der Waals surface area contributed by atoms with E-state index in [1.807, 2.05) is 0 Å². The highest BCUT2D eigenvalue weighted by atomic mass is 16.5. The molecule has 1 saturated carbocycles. The minimum Gasteiger partial charge on any atom is -0.507 e. The van der Waals surface area contributed by atoms with Crippen LogP contribution in [0.5, 0.6) is 11.5 Å². The first-order chi connectivity index (χ1) is 13.0. The molecule has 1 aromatic carbocycles. The number of aromatic hydroxyl groups is 1. The normalized spacial score (nSPS) is 24.1. The molecule has 1 aliphatic carbocycles. The van der Waals surface area contributed by atoms with E-state index in [2.05, 4.69) is 0 Å². The van der Waals surface area contributed by atoms with Crippen LogP contribution < -0.4 is 10.5 Å². The van der Waals surface area contributed by atoms with Crippen LogP contribution in [0.1, 0.15) is 35.2 Å². The van der Waals surface area contributed by atoms with Crippen molar-refractivity contribution in [2.75, 3.05) is 19.6 Å². The number of ether oxygens (including phenoxy) is 1. The number of carboxylic acid groups (broad SMARTS) is 2. The van der Waals surface area contributed by atoms with Crippen LogP contribution in [-0.2, 0) is 4.79 Å². The second kappa shape index (κ2) is 7.24. The van der Waals surface area contributed by atoms with Gasteiger partial charge in [-0.05, 0) is 30.9 Å². The van der Waals surface area contributed by atoms with E-state index < -0.39 is 36.2 Å². The first-order valence-corrected chi connectivity index (χ1v) is 8.88. The molecule has 11 heteroatoms. The summed E-state index contributed by atoms with van der Waals surface area (Å²) in [6.45, 7) is 2.30. The zero-order chi connectivity index (χ0) is 20.8. The molecular weight excluding hydrogens is 371 g/mol. The van der Waals surface area contributed by atoms with Gasteiger partial charge in [0.15, 0.2) is 0 Å². The molecule has 2 unspecified atom stereocenters. The molecule has 0 amide bonds. The lowest BCUT2D eigenvalue weighted by Crippen LogP contribution is -2.62. The summed E-state index contributed by atoms with van der Waals surface area (Å²) in [6, 6.07) is 2.98. The summed E-state index contributed by atoms with van der Waals surface area (Å²) in [5.41, 5.74) is 4.29. The Hall–Kier alpha value is -2.34. The molecule has 2 fully saturated rings. The van der Waals surface area contributed by atoms with Crippen LogP contribution in [0, 0.1) is 0 Å². The molecule has 1 saturated heterocycles. The first-order valence-electron chi connectivity index (χ1n) is 8.88. The summed E-state index contributed by atoms with van der Waals surface area (Å²) in [6.07, 6.45) is 0.0876. The van der Waals surface area contributed by atoms with Gasteiger partial charge in [0.25, 0.3) is 0 Å². The van der Waals surface area contributed by atoms with E-state index in [1.54, 1.807) is 4.90 Å². The minimum absolute atomic E-state index is 0.00823. The van der Waals surface area contributed by atoms with Gasteiger partial charge in [-0.25, -0.2) is 4.79 Å². The largest absolute Gasteiger partial charge is 0.507 e.